The summed E-state index contributed by atoms with van der Waals surface area (Å²) >= 11 is 14.5. The van der Waals surface area contributed by atoms with Crippen LogP contribution in [0.2, 0.25) is 10.0 Å². The summed E-state index contributed by atoms with van der Waals surface area (Å²) < 4.78 is 81.4. The predicted octanol–water partition coefficient (Wildman–Crippen LogP) is -1.44. The maximum atomic E-state index is 16.5. The lowest BCUT2D eigenvalue weighted by atomic mass is 9.86. The average molecular weight is 1820 g/mol. The number of aliphatic hydroxyl groups excluding tert-OH is 6. The molecule has 3 saturated heterocycles. The Labute approximate surface area is 714 Å². The van der Waals surface area contributed by atoms with Crippen LogP contribution in [0.1, 0.15) is 125 Å². The molecule has 124 heavy (non-hydrogen) atoms. The van der Waals surface area contributed by atoms with Crippen molar-refractivity contribution in [2.24, 2.45) is 23.1 Å². The third-order valence-electron chi connectivity index (χ3n) is 21.4. The monoisotopic (exact) mass is 1820 g/mol. The summed E-state index contributed by atoms with van der Waals surface area (Å²) in [6, 6.07) is -2.53. The number of fused-ring (bicyclic) bond motifs is 15. The van der Waals surface area contributed by atoms with Gasteiger partial charge in [0.25, 0.3) is 5.91 Å². The molecule has 27 N–H and O–H groups in total. The highest BCUT2D eigenvalue weighted by Gasteiger charge is 2.53. The largest absolute Gasteiger partial charge is 0.508 e. The first-order valence-electron chi connectivity index (χ1n) is 38.4. The number of nitrogens with two attached hydrogens (primary N) is 3. The van der Waals surface area contributed by atoms with Crippen LogP contribution >= 0.6 is 38.4 Å². The van der Waals surface area contributed by atoms with E-state index in [9.17, 15) is 93.8 Å². The zero-order valence-electron chi connectivity index (χ0n) is 66.8. The number of rotatable bonds is 20. The second-order valence-electron chi connectivity index (χ2n) is 31.6. The molecule has 3 fully saturated rings. The van der Waals surface area contributed by atoms with Gasteiger partial charge in [-0.2, -0.15) is 0 Å². The number of aromatic hydroxyl groups is 3. The Balaban J connectivity index is 1.18. The van der Waals surface area contributed by atoms with E-state index in [1.807, 2.05) is 0 Å². The smallest absolute Gasteiger partial charge is 0.360 e. The van der Waals surface area contributed by atoms with Gasteiger partial charge in [0.15, 0.2) is 42.8 Å². The van der Waals surface area contributed by atoms with Crippen LogP contribution in [0.5, 0.6) is 46.0 Å². The Morgan fingerprint density at radius 2 is 1.21 bits per heavy atom. The number of phenols is 3. The number of likely N-dealkylation sites (N-methyl/N-ethyl adjacent to an activating group) is 1. The summed E-state index contributed by atoms with van der Waals surface area (Å²) in [4.78, 5) is 175. The van der Waals surface area contributed by atoms with Gasteiger partial charge < -0.3 is 168 Å². The highest BCUT2D eigenvalue weighted by Crippen LogP contribution is 2.58. The maximum absolute atomic E-state index is 16.5. The molecule has 44 nitrogen and oxygen atoms in total. The van der Waals surface area contributed by atoms with Crippen molar-refractivity contribution in [3.05, 3.63) is 117 Å². The van der Waals surface area contributed by atoms with Crippen LogP contribution in [-0.2, 0) is 80.7 Å². The van der Waals surface area contributed by atoms with Crippen molar-refractivity contribution in [2.45, 2.75) is 206 Å². The molecule has 0 aliphatic carbocycles. The fraction of sp³-hybridized carbons (Fsp3) is 0.487. The van der Waals surface area contributed by atoms with Crippen LogP contribution in [0.25, 0.3) is 11.1 Å². The van der Waals surface area contributed by atoms with E-state index < -0.39 is 317 Å². The molecule has 0 spiro atoms. The lowest BCUT2D eigenvalue weighted by molar-refractivity contribution is -0.333. The zero-order chi connectivity index (χ0) is 91.2. The fourth-order valence-corrected chi connectivity index (χ4v) is 17.7. The minimum absolute atomic E-state index is 0.151. The summed E-state index contributed by atoms with van der Waals surface area (Å²) in [5.74, 6) is -19.5. The van der Waals surface area contributed by atoms with Crippen molar-refractivity contribution in [2.75, 3.05) is 20.3 Å². The van der Waals surface area contributed by atoms with Crippen LogP contribution in [0.4, 0.5) is 0 Å². The number of primary amides is 1. The molecule has 0 unspecified atom stereocenters. The van der Waals surface area contributed by atoms with Crippen molar-refractivity contribution < 1.29 is 160 Å². The van der Waals surface area contributed by atoms with Crippen LogP contribution in [0, 0.1) is 5.92 Å². The van der Waals surface area contributed by atoms with Gasteiger partial charge in [-0.25, -0.2) is 4.79 Å². The Hall–Kier alpha value is -9.55. The van der Waals surface area contributed by atoms with Crippen LogP contribution in [-0.4, -0.2) is 247 Å². The molecule has 0 saturated carbocycles. The van der Waals surface area contributed by atoms with Gasteiger partial charge in [-0.15, -0.1) is 0 Å². The third kappa shape index (κ3) is 21.2. The minimum Gasteiger partial charge on any atom is -0.508 e. The van der Waals surface area contributed by atoms with Crippen molar-refractivity contribution in [3.63, 3.8) is 0 Å². The molecule has 48 heteroatoms. The second-order valence-corrected chi connectivity index (χ2v) is 36.3. The van der Waals surface area contributed by atoms with Crippen LogP contribution in [0.15, 0.2) is 78.9 Å². The summed E-state index contributed by atoms with van der Waals surface area (Å²) in [6.45, 7) is 6.57. The van der Waals surface area contributed by atoms with Crippen LogP contribution < -0.4 is 73.9 Å². The topological polar surface area (TPSA) is 708 Å². The van der Waals surface area contributed by atoms with E-state index in [2.05, 4.69) is 37.2 Å². The third-order valence-corrected chi connectivity index (χ3v) is 25.3. The van der Waals surface area contributed by atoms with E-state index >= 15 is 24.0 Å². The van der Waals surface area contributed by atoms with E-state index in [1.165, 1.54) is 46.1 Å². The molecule has 13 rings (SSSR count). The van der Waals surface area contributed by atoms with Gasteiger partial charge in [0, 0.05) is 46.7 Å². The molecule has 8 aliphatic rings. The number of carbonyl (C=O) groups excluding carboxylic acids is 9. The highest BCUT2D eigenvalue weighted by molar-refractivity contribution is 7.70. The lowest BCUT2D eigenvalue weighted by Crippen LogP contribution is -2.64. The van der Waals surface area contributed by atoms with E-state index in [1.54, 1.807) is 13.8 Å². The number of esters is 1. The summed E-state index contributed by atoms with van der Waals surface area (Å²) in [7, 11) is -10.4. The molecule has 8 heterocycles. The van der Waals surface area contributed by atoms with E-state index in [4.69, 9.17) is 83.0 Å². The number of halogens is 2. The van der Waals surface area contributed by atoms with Gasteiger partial charge in [-0.1, -0.05) is 55.2 Å². The Kier molecular flexibility index (Phi) is 29.1. The summed E-state index contributed by atoms with van der Waals surface area (Å²) in [5.41, 5.74) is 8.97. The maximum Gasteiger partial charge on any atom is 0.360 e. The number of hydrogen-bond acceptors (Lipinski definition) is 32. The zero-order valence-corrected chi connectivity index (χ0v) is 70.1. The number of ether oxygens (including phenoxy) is 9. The first-order chi connectivity index (χ1) is 58.0. The Morgan fingerprint density at radius 1 is 0.653 bits per heavy atom. The normalized spacial score (nSPS) is 30.2. The molecule has 5 aromatic carbocycles. The molecule has 22 atom stereocenters. The van der Waals surface area contributed by atoms with Crippen molar-refractivity contribution in [1.29, 1.82) is 0 Å². The molecular weight excluding hydrogens is 1730 g/mol. The number of amides is 8. The fourth-order valence-electron chi connectivity index (χ4n) is 15.0. The van der Waals surface area contributed by atoms with Crippen molar-refractivity contribution >= 4 is 91.6 Å². The van der Waals surface area contributed by atoms with Crippen molar-refractivity contribution in [1.82, 2.24) is 42.5 Å². The molecule has 8 aliphatic heterocycles. The first-order valence-corrected chi connectivity index (χ1v) is 42.5. The average Bonchev–Trinajstić information content (AvgIpc) is 0.762. The molecule has 676 valence electrons. The molecular formula is C76H95Cl2N11O33P2. The highest BCUT2D eigenvalue weighted by atomic mass is 35.5. The van der Waals surface area contributed by atoms with Gasteiger partial charge >= 0.3 is 21.2 Å². The van der Waals surface area contributed by atoms with Crippen molar-refractivity contribution in [3.8, 4) is 57.1 Å². The predicted molar refractivity (Wildman–Crippen MR) is 425 cm³/mol. The van der Waals surface area contributed by atoms with E-state index in [-0.39, 0.29) is 29.9 Å². The van der Waals surface area contributed by atoms with E-state index in [0.717, 1.165) is 60.7 Å². The summed E-state index contributed by atoms with van der Waals surface area (Å²) in [6.07, 6.45) is -24.2. The molecule has 8 amide bonds. The molecule has 5 aromatic rings. The number of phenolic OH excluding ortho intramolecular Hbond substituents is 3. The molecule has 11 bridgehead atoms. The van der Waals surface area contributed by atoms with Gasteiger partial charge in [-0.3, -0.25) is 47.5 Å². The number of carbonyl (C=O) groups is 9. The molecule has 0 radical (unpaired) electrons. The van der Waals surface area contributed by atoms with E-state index in [0.29, 0.717) is 12.1 Å². The molecule has 0 aromatic heterocycles. The van der Waals surface area contributed by atoms with Gasteiger partial charge in [0.2, 0.25) is 58.9 Å². The Bertz CT molecular complexity index is 5020. The van der Waals surface area contributed by atoms with Crippen LogP contribution in [0.3, 0.4) is 0 Å². The van der Waals surface area contributed by atoms with Gasteiger partial charge in [0.05, 0.1) is 53.5 Å². The van der Waals surface area contributed by atoms with Gasteiger partial charge in [-0.05, 0) is 124 Å². The SMILES string of the molecule is CN[C@H](CC(C)C)C(=O)N[C@H]1C(=O)N[C@@H](CC(N)=O)C(=O)N[C@H]2C(=O)N[C@H]3C(=O)N[C@H](C(=O)N[C@H](C(=O)OCC(=O)NC(P(=O)(O)O)P(=O)(O)O)c4cc(O)cc(O)c4-c4cc3ccc4O)[C@H](O[C@H]3C[C@](C)(N)[C@@H](O)[C@H](C)O3)c3ccc(c(Cl)c3)Oc3cc2cc(c3O[C@@H]2O[C@H](CO)[C@@H](O)[C@H](O)[C@H]2O[C@H]2C[C@](C)(N)[C@@H](O)[C@H](C)O2)Oc2ccc(cc2Cl)[C@H]1O. The minimum atomic E-state index is -5.93. The standard InChI is InChI=1S/C76H95Cl2N11O33P2/c1-27(2)14-39(82-7)66(101)88-56-58(96)31-9-12-43(37(77)16-31)117-45-18-33-19-46(62(45)122-73-63(60(98)59(97)47(25-90)119-73)121-51-24-76(6,81)65(100)29(4)116-51)118-44-13-10-32(17-38(44)78)61(120-50-23-75(5,80)64(99)28(3)115-50)57-71(106)87-55(72(107)114-26-49(95)84-74(123(108,109)110)124(111,112)113)36-20-34(91)21-42(93)52(36)35-15-30(8-11-41(35)92)53(68(103)89-57)86-69(104)54(33)85-67(102)40(22-48(79)94)83-70(56)105/h8-13,15-21,27-29,39-40,47,50-51,53-61,63-65,73-74,82,90-93,96-100H,14,22-26,80-81H2,1-7H3,(H2,79,94)(H,83,105)(H,84,95)(H,85,102)(H,86,104)(H,87,106)(H,88,101)(H,89,103)(H2,108,109,110)(H2,111,112,113)/t28-,29-,39+,40-,47+,50-,51-,53+,54+,55-,56+,57-,58+,59+,60-,61+,63+,64-,65-,73-,75-,76-/m0/s1. The number of aliphatic hydroxyl groups is 6. The second kappa shape index (κ2) is 37.9. The van der Waals surface area contributed by atoms with Gasteiger partial charge in [0.1, 0.15) is 89.5 Å². The number of nitrogens with one attached hydrogen (secondary N) is 8. The summed E-state index contributed by atoms with van der Waals surface area (Å²) in [5, 5.41) is 123. The number of benzene rings is 5. The first kappa shape index (κ1) is 95.1. The Morgan fingerprint density at radius 3 is 1.77 bits per heavy atom. The quantitative estimate of drug-likeness (QED) is 0.0313. The lowest BCUT2D eigenvalue weighted by Gasteiger charge is -2.47. The number of hydrogen-bond donors (Lipinski definition) is 24.